The van der Waals surface area contributed by atoms with Gasteiger partial charge in [-0.25, -0.2) is 4.98 Å². The number of hydrogen-bond acceptors (Lipinski definition) is 7. The van der Waals surface area contributed by atoms with Gasteiger partial charge in [0.15, 0.2) is 5.82 Å². The van der Waals surface area contributed by atoms with Crippen molar-refractivity contribution in [2.24, 2.45) is 0 Å². The molecule has 0 unspecified atom stereocenters. The lowest BCUT2D eigenvalue weighted by molar-refractivity contribution is 0.328. The van der Waals surface area contributed by atoms with Crippen molar-refractivity contribution in [2.75, 3.05) is 51.2 Å². The second kappa shape index (κ2) is 14.0. The Bertz CT molecular complexity index is 1260. The molecule has 2 N–H and O–H groups in total. The Morgan fingerprint density at radius 1 is 1.05 bits per heavy atom. The van der Waals surface area contributed by atoms with E-state index in [1.165, 1.54) is 36.8 Å². The number of unbranched alkanes of at least 4 members (excludes halogenated alkanes) is 3. The Kier molecular flexibility index (Phi) is 11.0. The van der Waals surface area contributed by atoms with Gasteiger partial charge >= 0.3 is 0 Å². The quantitative estimate of drug-likeness (QED) is 0.160. The fraction of sp³-hybridized carbons (Fsp3) is 0.448. The molecule has 0 aliphatic heterocycles. The van der Waals surface area contributed by atoms with Gasteiger partial charge in [-0.15, -0.1) is 0 Å². The lowest BCUT2D eigenvalue weighted by Crippen LogP contribution is -2.22. The number of nitrogens with one attached hydrogen (secondary N) is 2. The lowest BCUT2D eigenvalue weighted by atomic mass is 10.0. The molecular weight excluding hydrogens is 517 g/mol. The number of rotatable bonds is 14. The van der Waals surface area contributed by atoms with Crippen LogP contribution in [0.5, 0.6) is 5.75 Å². The van der Waals surface area contributed by atoms with E-state index in [0.717, 1.165) is 36.3 Å². The number of likely N-dealkylation sites (N-methyl/N-ethyl adjacent to an activating group) is 1. The first-order valence-electron chi connectivity index (χ1n) is 13.2. The van der Waals surface area contributed by atoms with Gasteiger partial charge in [0.1, 0.15) is 17.9 Å². The van der Waals surface area contributed by atoms with E-state index in [9.17, 15) is 4.57 Å². The van der Waals surface area contributed by atoms with Gasteiger partial charge in [-0.05, 0) is 82.1 Å². The zero-order chi connectivity index (χ0) is 27.7. The number of aryl methyl sites for hydroxylation is 1. The predicted octanol–water partition coefficient (Wildman–Crippen LogP) is 7.24. The summed E-state index contributed by atoms with van der Waals surface area (Å²) in [7, 11) is 1.36. The molecule has 38 heavy (non-hydrogen) atoms. The molecular formula is C29H41ClN5O2P. The fourth-order valence-electron chi connectivity index (χ4n) is 4.31. The third kappa shape index (κ3) is 8.45. The van der Waals surface area contributed by atoms with Gasteiger partial charge in [-0.3, -0.25) is 0 Å². The third-order valence-electron chi connectivity index (χ3n) is 6.54. The Labute approximate surface area is 232 Å². The van der Waals surface area contributed by atoms with Gasteiger partial charge in [0.2, 0.25) is 5.95 Å². The Morgan fingerprint density at radius 2 is 1.82 bits per heavy atom. The summed E-state index contributed by atoms with van der Waals surface area (Å²) in [6.07, 6.45) is 7.61. The van der Waals surface area contributed by atoms with Crippen LogP contribution in [0.3, 0.4) is 0 Å². The van der Waals surface area contributed by atoms with Gasteiger partial charge in [0.25, 0.3) is 0 Å². The molecule has 0 radical (unpaired) electrons. The summed E-state index contributed by atoms with van der Waals surface area (Å²) in [5.74, 6) is 1.54. The predicted molar refractivity (Wildman–Crippen MR) is 162 cm³/mol. The van der Waals surface area contributed by atoms with Gasteiger partial charge in [0, 0.05) is 11.8 Å². The molecule has 1 heterocycles. The van der Waals surface area contributed by atoms with Crippen molar-refractivity contribution in [1.29, 1.82) is 0 Å². The van der Waals surface area contributed by atoms with Crippen molar-refractivity contribution in [3.8, 4) is 5.75 Å². The summed E-state index contributed by atoms with van der Waals surface area (Å²) in [5, 5.41) is 7.63. The van der Waals surface area contributed by atoms with E-state index in [4.69, 9.17) is 16.3 Å². The van der Waals surface area contributed by atoms with Crippen LogP contribution in [0.2, 0.25) is 5.02 Å². The highest BCUT2D eigenvalue weighted by Crippen LogP contribution is 2.39. The topological polar surface area (TPSA) is 79.4 Å². The van der Waals surface area contributed by atoms with Crippen molar-refractivity contribution in [2.45, 2.75) is 46.0 Å². The van der Waals surface area contributed by atoms with E-state index < -0.39 is 7.14 Å². The standard InChI is InChI=1S/C29H41ClN5O2P/c1-7-8-9-12-16-35(3)17-15-22-19-26(37-4)25(18-21(22)2)33-29-31-20-23(30)28(34-29)32-24-13-10-11-14-27(24)38(5,6)36/h10-11,13-14,18-20H,7-9,12,15-17H2,1-6H3,(H2,31,32,33,34). The molecule has 0 bridgehead atoms. The summed E-state index contributed by atoms with van der Waals surface area (Å²) in [4.78, 5) is 11.4. The maximum Gasteiger partial charge on any atom is 0.229 e. The summed E-state index contributed by atoms with van der Waals surface area (Å²) in [6, 6.07) is 11.6. The fourth-order valence-corrected chi connectivity index (χ4v) is 5.60. The van der Waals surface area contributed by atoms with Crippen LogP contribution in [0.4, 0.5) is 23.1 Å². The summed E-state index contributed by atoms with van der Waals surface area (Å²) in [5.41, 5.74) is 3.92. The minimum Gasteiger partial charge on any atom is -0.495 e. The molecule has 0 amide bonds. The van der Waals surface area contributed by atoms with E-state index in [0.29, 0.717) is 22.5 Å². The minimum absolute atomic E-state index is 0.365. The van der Waals surface area contributed by atoms with Crippen LogP contribution < -0.4 is 20.7 Å². The number of para-hydroxylation sites is 1. The molecule has 3 rings (SSSR count). The van der Waals surface area contributed by atoms with Crippen molar-refractivity contribution >= 4 is 47.2 Å². The average molecular weight is 558 g/mol. The number of halogens is 1. The van der Waals surface area contributed by atoms with Crippen LogP contribution in [0, 0.1) is 6.92 Å². The second-order valence-electron chi connectivity index (χ2n) is 10.1. The first kappa shape index (κ1) is 29.9. The first-order valence-corrected chi connectivity index (χ1v) is 16.2. The average Bonchev–Trinajstić information content (AvgIpc) is 2.88. The van der Waals surface area contributed by atoms with Gasteiger partial charge in [0.05, 0.1) is 24.7 Å². The summed E-state index contributed by atoms with van der Waals surface area (Å²) >= 11 is 6.41. The largest absolute Gasteiger partial charge is 0.495 e. The van der Waals surface area contributed by atoms with E-state index in [1.807, 2.05) is 24.3 Å². The van der Waals surface area contributed by atoms with Crippen LogP contribution in [0.25, 0.3) is 0 Å². The van der Waals surface area contributed by atoms with Gasteiger partial charge in [-0.2, -0.15) is 4.98 Å². The third-order valence-corrected chi connectivity index (χ3v) is 8.37. The minimum atomic E-state index is -2.50. The zero-order valence-corrected chi connectivity index (χ0v) is 25.1. The van der Waals surface area contributed by atoms with Gasteiger partial charge in [-0.1, -0.05) is 49.9 Å². The number of ether oxygens (including phenoxy) is 1. The van der Waals surface area contributed by atoms with Crippen LogP contribution in [-0.4, -0.2) is 55.4 Å². The number of methoxy groups -OCH3 is 1. The maximum atomic E-state index is 12.8. The molecule has 2 aromatic carbocycles. The molecule has 3 aromatic rings. The lowest BCUT2D eigenvalue weighted by Gasteiger charge is -2.19. The zero-order valence-electron chi connectivity index (χ0n) is 23.5. The van der Waals surface area contributed by atoms with Crippen LogP contribution in [0.1, 0.15) is 43.7 Å². The van der Waals surface area contributed by atoms with Crippen molar-refractivity contribution in [1.82, 2.24) is 14.9 Å². The second-order valence-corrected chi connectivity index (χ2v) is 13.7. The molecule has 0 aliphatic carbocycles. The molecule has 0 fully saturated rings. The highest BCUT2D eigenvalue weighted by Gasteiger charge is 2.17. The normalized spacial score (nSPS) is 11.6. The van der Waals surface area contributed by atoms with Crippen LogP contribution in [-0.2, 0) is 11.0 Å². The van der Waals surface area contributed by atoms with Crippen molar-refractivity contribution < 1.29 is 9.30 Å². The Balaban J connectivity index is 1.75. The highest BCUT2D eigenvalue weighted by molar-refractivity contribution is 7.70. The molecule has 0 saturated heterocycles. The Hall–Kier alpha value is -2.60. The van der Waals surface area contributed by atoms with Crippen molar-refractivity contribution in [3.63, 3.8) is 0 Å². The maximum absolute atomic E-state index is 12.8. The number of anilines is 4. The first-order chi connectivity index (χ1) is 18.1. The summed E-state index contributed by atoms with van der Waals surface area (Å²) in [6.45, 7) is 9.96. The molecule has 0 aliphatic rings. The van der Waals surface area contributed by atoms with Crippen LogP contribution in [0.15, 0.2) is 42.6 Å². The SMILES string of the molecule is CCCCCCN(C)CCc1cc(OC)c(Nc2ncc(Cl)c(Nc3ccccc3P(C)(C)=O)n2)cc1C. The molecule has 0 spiro atoms. The van der Waals surface area contributed by atoms with E-state index in [2.05, 4.69) is 58.5 Å². The van der Waals surface area contributed by atoms with E-state index in [1.54, 1.807) is 26.6 Å². The number of hydrogen-bond donors (Lipinski definition) is 2. The molecule has 0 atom stereocenters. The monoisotopic (exact) mass is 557 g/mol. The highest BCUT2D eigenvalue weighted by atomic mass is 35.5. The molecule has 1 aromatic heterocycles. The molecule has 7 nitrogen and oxygen atoms in total. The smallest absolute Gasteiger partial charge is 0.229 e. The number of aromatic nitrogens is 2. The van der Waals surface area contributed by atoms with E-state index >= 15 is 0 Å². The Morgan fingerprint density at radius 3 is 2.53 bits per heavy atom. The molecule has 0 saturated carbocycles. The van der Waals surface area contributed by atoms with Gasteiger partial charge < -0.3 is 24.8 Å². The van der Waals surface area contributed by atoms with Crippen LogP contribution >= 0.6 is 18.7 Å². The number of benzene rings is 2. The molecule has 206 valence electrons. The van der Waals surface area contributed by atoms with Crippen molar-refractivity contribution in [3.05, 3.63) is 58.7 Å². The number of nitrogens with zero attached hydrogens (tertiary/aromatic N) is 3. The van der Waals surface area contributed by atoms with E-state index in [-0.39, 0.29) is 0 Å². The summed E-state index contributed by atoms with van der Waals surface area (Å²) < 4.78 is 18.5. The molecule has 9 heteroatoms.